The van der Waals surface area contributed by atoms with Gasteiger partial charge in [0.05, 0.1) is 0 Å². The molecule has 0 aromatic heterocycles. The predicted molar refractivity (Wildman–Crippen MR) is 66.2 cm³/mol. The van der Waals surface area contributed by atoms with Gasteiger partial charge in [0.1, 0.15) is 0 Å². The zero-order valence-corrected chi connectivity index (χ0v) is 14.9. The van der Waals surface area contributed by atoms with Crippen LogP contribution in [0, 0.1) is 27.7 Å². The van der Waals surface area contributed by atoms with Crippen molar-refractivity contribution in [3.05, 3.63) is 47.9 Å². The van der Waals surface area contributed by atoms with Gasteiger partial charge in [-0.1, -0.05) is 32.1 Å². The van der Waals surface area contributed by atoms with Crippen LogP contribution in [0.3, 0.4) is 0 Å². The SMILES string of the molecule is Cc1cc2c(C)ccc(C)c2[cH-]1.[CH2-]CO.[Cl-].[Cl-].[Zr+4]. The Morgan fingerprint density at radius 3 is 2.00 bits per heavy atom. The molecule has 2 aromatic carbocycles. The number of rotatable bonds is 0. The maximum atomic E-state index is 7.46. The van der Waals surface area contributed by atoms with Crippen molar-refractivity contribution in [2.24, 2.45) is 0 Å². The minimum atomic E-state index is 0. The molecule has 0 bridgehead atoms. The summed E-state index contributed by atoms with van der Waals surface area (Å²) in [5.41, 5.74) is 4.12. The van der Waals surface area contributed by atoms with Crippen molar-refractivity contribution in [1.29, 1.82) is 0 Å². The van der Waals surface area contributed by atoms with E-state index < -0.39 is 0 Å². The summed E-state index contributed by atoms with van der Waals surface area (Å²) >= 11 is 0. The van der Waals surface area contributed by atoms with Gasteiger partial charge in [-0.25, -0.2) is 0 Å². The van der Waals surface area contributed by atoms with Crippen molar-refractivity contribution in [1.82, 2.24) is 0 Å². The number of hydrogen-bond donors (Lipinski definition) is 1. The molecule has 2 aromatic rings. The molecule has 18 heavy (non-hydrogen) atoms. The van der Waals surface area contributed by atoms with Crippen LogP contribution < -0.4 is 24.8 Å². The zero-order chi connectivity index (χ0) is 11.4. The Bertz CT molecular complexity index is 413. The topological polar surface area (TPSA) is 20.2 Å². The molecule has 0 heterocycles. The molecule has 0 fully saturated rings. The van der Waals surface area contributed by atoms with E-state index in [4.69, 9.17) is 5.11 Å². The molecule has 0 aliphatic heterocycles. The van der Waals surface area contributed by atoms with Crippen LogP contribution in [0.2, 0.25) is 0 Å². The maximum absolute atomic E-state index is 7.46. The zero-order valence-electron chi connectivity index (χ0n) is 10.9. The first-order valence-corrected chi connectivity index (χ1v) is 5.13. The molecule has 0 saturated carbocycles. The smallest absolute Gasteiger partial charge is 1.00 e. The van der Waals surface area contributed by atoms with E-state index in [9.17, 15) is 0 Å². The van der Waals surface area contributed by atoms with E-state index in [0.717, 1.165) is 0 Å². The Morgan fingerprint density at radius 1 is 1.11 bits per heavy atom. The number of aryl methyl sites for hydroxylation is 3. The molecule has 0 radical (unpaired) electrons. The van der Waals surface area contributed by atoms with E-state index in [1.165, 1.54) is 27.5 Å². The van der Waals surface area contributed by atoms with E-state index in [1.54, 1.807) is 0 Å². The largest absolute Gasteiger partial charge is 4.00 e. The molecular weight excluding hydrogens is 346 g/mol. The van der Waals surface area contributed by atoms with Crippen LogP contribution in [0.15, 0.2) is 24.3 Å². The third kappa shape index (κ3) is 5.93. The van der Waals surface area contributed by atoms with Crippen molar-refractivity contribution in [3.8, 4) is 0 Å². The van der Waals surface area contributed by atoms with Gasteiger partial charge in [0.2, 0.25) is 0 Å². The van der Waals surface area contributed by atoms with Crippen molar-refractivity contribution in [3.63, 3.8) is 0 Å². The number of aliphatic hydroxyl groups excluding tert-OH is 1. The minimum absolute atomic E-state index is 0. The predicted octanol–water partition coefficient (Wildman–Crippen LogP) is -2.70. The van der Waals surface area contributed by atoms with Gasteiger partial charge in [0, 0.05) is 0 Å². The van der Waals surface area contributed by atoms with Crippen molar-refractivity contribution in [2.45, 2.75) is 20.8 Å². The second-order valence-electron chi connectivity index (χ2n) is 3.78. The normalized spacial score (nSPS) is 8.28. The van der Waals surface area contributed by atoms with Crippen LogP contribution in [-0.4, -0.2) is 11.7 Å². The Labute approximate surface area is 141 Å². The molecule has 1 N–H and O–H groups in total. The van der Waals surface area contributed by atoms with Crippen LogP contribution in [0.1, 0.15) is 16.7 Å². The molecular formula is C14H18Cl2OZr. The fourth-order valence-electron chi connectivity index (χ4n) is 1.73. The van der Waals surface area contributed by atoms with E-state index in [0.29, 0.717) is 0 Å². The summed E-state index contributed by atoms with van der Waals surface area (Å²) in [5.74, 6) is 0. The summed E-state index contributed by atoms with van der Waals surface area (Å²) in [6, 6.07) is 8.91. The van der Waals surface area contributed by atoms with Crippen molar-refractivity contribution in [2.75, 3.05) is 6.61 Å². The molecule has 1 nitrogen and oxygen atoms in total. The number of halogens is 2. The average Bonchev–Trinajstić information content (AvgIpc) is 2.56. The molecule has 2 rings (SSSR count). The molecule has 0 atom stereocenters. The summed E-state index contributed by atoms with van der Waals surface area (Å²) in [4.78, 5) is 0. The molecule has 98 valence electrons. The number of benzene rings is 1. The van der Waals surface area contributed by atoms with E-state index in [-0.39, 0.29) is 57.6 Å². The van der Waals surface area contributed by atoms with Gasteiger partial charge >= 0.3 is 26.2 Å². The molecule has 0 aliphatic rings. The molecule has 0 amide bonds. The first kappa shape index (κ1) is 23.4. The minimum Gasteiger partial charge on any atom is -1.00 e. The summed E-state index contributed by atoms with van der Waals surface area (Å²) in [5, 5.41) is 10.3. The summed E-state index contributed by atoms with van der Waals surface area (Å²) in [7, 11) is 0. The van der Waals surface area contributed by atoms with Gasteiger partial charge < -0.3 is 36.8 Å². The third-order valence-electron chi connectivity index (χ3n) is 2.47. The molecule has 4 heteroatoms. The van der Waals surface area contributed by atoms with Gasteiger partial charge in [-0.05, 0) is 6.92 Å². The van der Waals surface area contributed by atoms with Crippen molar-refractivity contribution >= 4 is 10.8 Å². The van der Waals surface area contributed by atoms with Crippen LogP contribution in [-0.2, 0) is 26.2 Å². The summed E-state index contributed by atoms with van der Waals surface area (Å²) in [6.45, 7) is 9.53. The fourth-order valence-corrected chi connectivity index (χ4v) is 1.73. The van der Waals surface area contributed by atoms with Gasteiger partial charge in [0.15, 0.2) is 0 Å². The Hall–Kier alpha value is 0.253. The van der Waals surface area contributed by atoms with Gasteiger partial charge in [-0.2, -0.15) is 6.07 Å². The molecule has 0 unspecified atom stereocenters. The van der Waals surface area contributed by atoms with E-state index in [1.807, 2.05) is 0 Å². The van der Waals surface area contributed by atoms with Crippen molar-refractivity contribution < 1.29 is 56.1 Å². The Kier molecular flexibility index (Phi) is 14.4. The van der Waals surface area contributed by atoms with Gasteiger partial charge in [-0.15, -0.1) is 34.0 Å². The third-order valence-corrected chi connectivity index (χ3v) is 2.47. The molecule has 0 saturated heterocycles. The van der Waals surface area contributed by atoms with Gasteiger partial charge in [0.25, 0.3) is 0 Å². The van der Waals surface area contributed by atoms with E-state index >= 15 is 0 Å². The van der Waals surface area contributed by atoms with E-state index in [2.05, 4.69) is 52.0 Å². The average molecular weight is 364 g/mol. The quantitative estimate of drug-likeness (QED) is 0.505. The van der Waals surface area contributed by atoms with Crippen LogP contribution >= 0.6 is 0 Å². The Balaban J connectivity index is -0.000000345. The second-order valence-corrected chi connectivity index (χ2v) is 3.78. The van der Waals surface area contributed by atoms with Crippen LogP contribution in [0.25, 0.3) is 10.8 Å². The van der Waals surface area contributed by atoms with Crippen LogP contribution in [0.5, 0.6) is 0 Å². The number of fused-ring (bicyclic) bond motifs is 1. The van der Waals surface area contributed by atoms with Crippen LogP contribution in [0.4, 0.5) is 0 Å². The number of hydrogen-bond acceptors (Lipinski definition) is 1. The fraction of sp³-hybridized carbons (Fsp3) is 0.286. The van der Waals surface area contributed by atoms with Gasteiger partial charge in [-0.3, -0.25) is 0 Å². The first-order valence-electron chi connectivity index (χ1n) is 5.13. The summed E-state index contributed by atoms with van der Waals surface area (Å²) in [6.07, 6.45) is 0. The second kappa shape index (κ2) is 11.1. The summed E-state index contributed by atoms with van der Waals surface area (Å²) < 4.78 is 0. The number of aliphatic hydroxyl groups is 1. The Morgan fingerprint density at radius 2 is 1.56 bits per heavy atom. The first-order chi connectivity index (χ1) is 7.10. The molecule has 0 aliphatic carbocycles. The maximum Gasteiger partial charge on any atom is 4.00 e. The molecule has 0 spiro atoms. The monoisotopic (exact) mass is 362 g/mol. The standard InChI is InChI=1S/C12H13.C2H5O.2ClH.Zr/c1-8-6-11-9(2)4-5-10(3)12(11)7-8;1-2-3;;;/h4-7H,1-3H3;3H,1-2H2;2*1H;/q2*-1;;;+4/p-2.